The van der Waals surface area contributed by atoms with Crippen molar-refractivity contribution in [1.82, 2.24) is 4.90 Å². The van der Waals surface area contributed by atoms with Gasteiger partial charge in [-0.1, -0.05) is 12.1 Å². The molecule has 1 unspecified atom stereocenters. The number of hydrogen-bond donors (Lipinski definition) is 1. The highest BCUT2D eigenvalue weighted by Crippen LogP contribution is 2.38. The molecule has 126 valence electrons. The maximum absolute atomic E-state index is 11.3. The Morgan fingerprint density at radius 1 is 1.21 bits per heavy atom. The van der Waals surface area contributed by atoms with Crippen LogP contribution in [0.15, 0.2) is 41.8 Å². The second-order valence-corrected chi connectivity index (χ2v) is 7.77. The molecule has 1 amide bonds. The van der Waals surface area contributed by atoms with E-state index in [1.165, 1.54) is 17.7 Å². The zero-order valence-corrected chi connectivity index (χ0v) is 14.4. The average molecular weight is 342 g/mol. The highest BCUT2D eigenvalue weighted by atomic mass is 32.1. The number of ether oxygens (including phenoxy) is 1. The van der Waals surface area contributed by atoms with Crippen LogP contribution in [-0.4, -0.2) is 29.0 Å². The van der Waals surface area contributed by atoms with Gasteiger partial charge in [0.05, 0.1) is 0 Å². The van der Waals surface area contributed by atoms with Gasteiger partial charge in [-0.3, -0.25) is 9.69 Å². The molecule has 2 aliphatic heterocycles. The number of hydrogen-bond acceptors (Lipinski definition) is 4. The minimum absolute atomic E-state index is 0.227. The largest absolute Gasteiger partial charge is 0.490 e. The van der Waals surface area contributed by atoms with Crippen molar-refractivity contribution in [2.75, 3.05) is 0 Å². The Morgan fingerprint density at radius 3 is 2.67 bits per heavy atom. The Balaban J connectivity index is 1.41. The minimum Gasteiger partial charge on any atom is -0.490 e. The first-order chi connectivity index (χ1) is 11.7. The molecule has 2 saturated heterocycles. The summed E-state index contributed by atoms with van der Waals surface area (Å²) in [5.41, 5.74) is 5.86. The van der Waals surface area contributed by atoms with Crippen molar-refractivity contribution in [3.8, 4) is 5.75 Å². The minimum atomic E-state index is -0.411. The van der Waals surface area contributed by atoms with Crippen LogP contribution in [0.25, 0.3) is 0 Å². The molecule has 2 aromatic rings. The summed E-state index contributed by atoms with van der Waals surface area (Å²) in [6, 6.07) is 12.8. The van der Waals surface area contributed by atoms with Gasteiger partial charge in [0.2, 0.25) is 5.91 Å². The molecule has 3 heterocycles. The molecule has 4 rings (SSSR count). The molecule has 3 atom stereocenters. The van der Waals surface area contributed by atoms with Crippen LogP contribution >= 0.6 is 11.3 Å². The molecule has 4 nitrogen and oxygen atoms in total. The summed E-state index contributed by atoms with van der Waals surface area (Å²) < 4.78 is 6.18. The fourth-order valence-electron chi connectivity index (χ4n) is 4.08. The van der Waals surface area contributed by atoms with Crippen molar-refractivity contribution in [2.45, 2.75) is 50.4 Å². The maximum Gasteiger partial charge on any atom is 0.248 e. The van der Waals surface area contributed by atoms with Crippen LogP contribution in [-0.2, 0) is 6.54 Å². The summed E-state index contributed by atoms with van der Waals surface area (Å²) in [5.74, 6) is 0.341. The van der Waals surface area contributed by atoms with Crippen molar-refractivity contribution < 1.29 is 9.53 Å². The molecule has 1 aromatic carbocycles. The van der Waals surface area contributed by atoms with Crippen molar-refractivity contribution in [3.63, 3.8) is 0 Å². The third-order valence-electron chi connectivity index (χ3n) is 5.18. The van der Waals surface area contributed by atoms with Crippen LogP contribution in [0.4, 0.5) is 0 Å². The van der Waals surface area contributed by atoms with Gasteiger partial charge in [-0.25, -0.2) is 0 Å². The number of carbonyl (C=O) groups excluding carboxylic acids is 1. The van der Waals surface area contributed by atoms with E-state index in [2.05, 4.69) is 22.4 Å². The zero-order chi connectivity index (χ0) is 16.5. The molecule has 24 heavy (non-hydrogen) atoms. The van der Waals surface area contributed by atoms with E-state index in [0.29, 0.717) is 17.6 Å². The van der Waals surface area contributed by atoms with Gasteiger partial charge >= 0.3 is 0 Å². The van der Waals surface area contributed by atoms with E-state index < -0.39 is 5.91 Å². The van der Waals surface area contributed by atoms with Gasteiger partial charge in [0, 0.05) is 29.1 Å². The summed E-state index contributed by atoms with van der Waals surface area (Å²) in [5, 5.41) is 2.15. The quantitative estimate of drug-likeness (QED) is 0.906. The number of amides is 1. The lowest BCUT2D eigenvalue weighted by Crippen LogP contribution is -2.45. The lowest BCUT2D eigenvalue weighted by molar-refractivity contribution is 0.0451. The molecule has 2 N–H and O–H groups in total. The van der Waals surface area contributed by atoms with Crippen LogP contribution in [0.3, 0.4) is 0 Å². The highest BCUT2D eigenvalue weighted by molar-refractivity contribution is 7.09. The maximum atomic E-state index is 11.3. The summed E-state index contributed by atoms with van der Waals surface area (Å²) in [7, 11) is 0. The van der Waals surface area contributed by atoms with Crippen molar-refractivity contribution in [3.05, 3.63) is 52.2 Å². The van der Waals surface area contributed by atoms with E-state index in [9.17, 15) is 4.79 Å². The van der Waals surface area contributed by atoms with E-state index in [1.807, 2.05) is 23.5 Å². The highest BCUT2D eigenvalue weighted by Gasteiger charge is 2.41. The molecule has 0 radical (unpaired) electrons. The summed E-state index contributed by atoms with van der Waals surface area (Å²) >= 11 is 1.84. The van der Waals surface area contributed by atoms with Crippen LogP contribution in [0, 0.1) is 0 Å². The average Bonchev–Trinajstić information content (AvgIpc) is 3.15. The van der Waals surface area contributed by atoms with E-state index in [0.717, 1.165) is 25.1 Å². The Morgan fingerprint density at radius 2 is 2.00 bits per heavy atom. The summed E-state index contributed by atoms with van der Waals surface area (Å²) in [6.07, 6.45) is 4.87. The number of rotatable bonds is 5. The first-order valence-electron chi connectivity index (χ1n) is 8.53. The van der Waals surface area contributed by atoms with Gasteiger partial charge in [0.15, 0.2) is 0 Å². The third-order valence-corrected chi connectivity index (χ3v) is 6.04. The molecule has 0 aliphatic carbocycles. The van der Waals surface area contributed by atoms with Crippen molar-refractivity contribution in [2.24, 2.45) is 5.73 Å². The summed E-state index contributed by atoms with van der Waals surface area (Å²) in [6.45, 7) is 1.07. The SMILES string of the molecule is NC(=O)c1cccc(OC2C[C@H]3CC[C@@H](C2)N3Cc2cccs2)c1. The molecule has 1 aromatic heterocycles. The third kappa shape index (κ3) is 3.19. The predicted molar refractivity (Wildman–Crippen MR) is 95.3 cm³/mol. The molecule has 5 heteroatoms. The Hall–Kier alpha value is -1.85. The van der Waals surface area contributed by atoms with Gasteiger partial charge in [-0.15, -0.1) is 11.3 Å². The van der Waals surface area contributed by atoms with Crippen molar-refractivity contribution >= 4 is 17.2 Å². The van der Waals surface area contributed by atoms with E-state index in [1.54, 1.807) is 12.1 Å². The molecule has 2 fully saturated rings. The fourth-order valence-corrected chi connectivity index (χ4v) is 4.79. The van der Waals surface area contributed by atoms with Crippen molar-refractivity contribution in [1.29, 1.82) is 0 Å². The summed E-state index contributed by atoms with van der Waals surface area (Å²) in [4.78, 5) is 15.4. The van der Waals surface area contributed by atoms with Crippen LogP contribution in [0.2, 0.25) is 0 Å². The smallest absolute Gasteiger partial charge is 0.248 e. The van der Waals surface area contributed by atoms with E-state index >= 15 is 0 Å². The lowest BCUT2D eigenvalue weighted by Gasteiger charge is -2.38. The fraction of sp³-hybridized carbons (Fsp3) is 0.421. The van der Waals surface area contributed by atoms with E-state index in [-0.39, 0.29) is 6.10 Å². The zero-order valence-electron chi connectivity index (χ0n) is 13.6. The molecule has 2 aliphatic rings. The van der Waals surface area contributed by atoms with E-state index in [4.69, 9.17) is 10.5 Å². The molecule has 0 spiro atoms. The predicted octanol–water partition coefficient (Wildman–Crippen LogP) is 3.42. The van der Waals surface area contributed by atoms with Gasteiger partial charge in [0.25, 0.3) is 0 Å². The number of primary amides is 1. The van der Waals surface area contributed by atoms with Crippen LogP contribution < -0.4 is 10.5 Å². The molecule has 0 saturated carbocycles. The van der Waals surface area contributed by atoms with Gasteiger partial charge in [0.1, 0.15) is 11.9 Å². The first-order valence-corrected chi connectivity index (χ1v) is 9.41. The van der Waals surface area contributed by atoms with Gasteiger partial charge < -0.3 is 10.5 Å². The van der Waals surface area contributed by atoms with Gasteiger partial charge in [-0.2, -0.15) is 0 Å². The monoisotopic (exact) mass is 342 g/mol. The van der Waals surface area contributed by atoms with Gasteiger partial charge in [-0.05, 0) is 55.3 Å². The van der Waals surface area contributed by atoms with Crippen LogP contribution in [0.5, 0.6) is 5.75 Å². The first kappa shape index (κ1) is 15.7. The number of piperidine rings is 1. The Labute approximate surface area is 146 Å². The topological polar surface area (TPSA) is 55.6 Å². The number of nitrogens with zero attached hydrogens (tertiary/aromatic N) is 1. The number of nitrogens with two attached hydrogens (primary N) is 1. The molecule has 2 bridgehead atoms. The number of fused-ring (bicyclic) bond motifs is 2. The second-order valence-electron chi connectivity index (χ2n) is 6.74. The molecular formula is C19H22N2O2S. The number of thiophene rings is 1. The molecular weight excluding hydrogens is 320 g/mol. The van der Waals surface area contributed by atoms with Crippen LogP contribution in [0.1, 0.15) is 40.9 Å². The standard InChI is InChI=1S/C19H22N2O2S/c20-19(22)13-3-1-4-16(9-13)23-17-10-14-6-7-15(11-17)21(14)12-18-5-2-8-24-18/h1-5,8-9,14-15,17H,6-7,10-12H2,(H2,20,22)/t14-,15+,17?. The number of carbonyl (C=O) groups is 1. The lowest BCUT2D eigenvalue weighted by atomic mass is 9.99. The Bertz CT molecular complexity index is 702. The second kappa shape index (κ2) is 6.57. The normalized spacial score (nSPS) is 26.4. The Kier molecular flexibility index (Phi) is 4.29. The number of benzene rings is 1.